The average Bonchev–Trinajstić information content (AvgIpc) is 2.98. The molecule has 0 unspecified atom stereocenters. The molecular weight excluding hydrogens is 1160 g/mol. The van der Waals surface area contributed by atoms with Gasteiger partial charge in [0.2, 0.25) is 0 Å². The predicted molar refractivity (Wildman–Crippen MR) is 384 cm³/mol. The van der Waals surface area contributed by atoms with Gasteiger partial charge in [0.1, 0.15) is 22.8 Å². The van der Waals surface area contributed by atoms with Crippen LogP contribution in [0, 0.1) is 0 Å². The molecule has 472 valence electrons. The molecule has 10 rings (SSSR count). The number of aliphatic imine (C=N–C) groups is 2. The molecule has 17 nitrogen and oxygen atoms in total. The Morgan fingerprint density at radius 3 is 1.09 bits per heavy atom. The lowest BCUT2D eigenvalue weighted by Crippen LogP contribution is -2.13. The van der Waals surface area contributed by atoms with Crippen LogP contribution in [0.15, 0.2) is 305 Å². The molecular formula is C76H78N12O5. The lowest BCUT2D eigenvalue weighted by atomic mass is 10.2. The largest absolute Gasteiger partial charge is 0.477 e. The zero-order chi connectivity index (χ0) is 67.8. The van der Waals surface area contributed by atoms with Gasteiger partial charge < -0.3 is 27.6 Å². The summed E-state index contributed by atoms with van der Waals surface area (Å²) < 4.78 is 0. The molecule has 0 saturated heterocycles. The summed E-state index contributed by atoms with van der Waals surface area (Å²) in [4.78, 5) is 73.6. The Kier molecular flexibility index (Phi) is 41.5. The van der Waals surface area contributed by atoms with Gasteiger partial charge >= 0.3 is 5.97 Å². The third-order valence-corrected chi connectivity index (χ3v) is 11.1. The Hall–Kier alpha value is -12.6. The van der Waals surface area contributed by atoms with Gasteiger partial charge in [-0.3, -0.25) is 49.3 Å². The lowest BCUT2D eigenvalue weighted by molar-refractivity contribution is 0.0690. The molecule has 6 aromatic heterocycles. The van der Waals surface area contributed by atoms with E-state index in [4.69, 9.17) is 22.3 Å². The maximum absolute atomic E-state index is 11.8. The highest BCUT2D eigenvalue weighted by molar-refractivity contribution is 6.02. The standard InChI is InChI=1S/C14H12N2O.C14H12N2.C10H12N2.2C8H9N.C6H5NO2.2C6H5NO.C4H9N/c1-2-11-6-8-12(9-7-11)16-14(17)13-5-3-4-10-15-13;1-2-12-6-8-13(9-7-12)16-11-14-5-3-4-10-15-14;1-2-3-7-11-9-10-6-4-5-8-12-10;2*1-2-7-3-5-8(9)6-4-7;8-6(9)5-3-1-2-4-7-5;2*8-5-6-3-1-2-4-7-6;1-2-3-4-5/h2-10H,1H2,(H,16,17);2-11H,1H2;2,4-6,8-9H,1,3,7H2;2*2-6H,1,9H2;1-4H,(H,8,9);2*1-5H;2H,1,3-5H2. The van der Waals surface area contributed by atoms with Crippen LogP contribution in [0.5, 0.6) is 0 Å². The topological polar surface area (TPSA) is 281 Å². The third-order valence-electron chi connectivity index (χ3n) is 11.1. The lowest BCUT2D eigenvalue weighted by Gasteiger charge is -2.04. The van der Waals surface area contributed by atoms with Crippen molar-refractivity contribution < 1.29 is 24.3 Å². The van der Waals surface area contributed by atoms with Gasteiger partial charge in [0, 0.05) is 67.0 Å². The van der Waals surface area contributed by atoms with Crippen LogP contribution in [0.25, 0.3) is 24.3 Å². The number of nitrogens with one attached hydrogen (secondary N) is 1. The van der Waals surface area contributed by atoms with E-state index in [9.17, 15) is 19.2 Å². The van der Waals surface area contributed by atoms with Gasteiger partial charge in [0.25, 0.3) is 5.91 Å². The van der Waals surface area contributed by atoms with E-state index >= 15 is 0 Å². The Bertz CT molecular complexity index is 3640. The number of anilines is 3. The highest BCUT2D eigenvalue weighted by atomic mass is 16.4. The molecule has 0 atom stereocenters. The van der Waals surface area contributed by atoms with Crippen molar-refractivity contribution in [1.29, 1.82) is 0 Å². The van der Waals surface area contributed by atoms with Crippen LogP contribution in [0.4, 0.5) is 22.7 Å². The second-order valence-electron chi connectivity index (χ2n) is 18.0. The average molecular weight is 1240 g/mol. The van der Waals surface area contributed by atoms with Crippen LogP contribution in [-0.2, 0) is 0 Å². The number of nitrogens with zero attached hydrogens (tertiary/aromatic N) is 8. The van der Waals surface area contributed by atoms with Crippen LogP contribution in [0.2, 0.25) is 0 Å². The summed E-state index contributed by atoms with van der Waals surface area (Å²) in [5.41, 5.74) is 26.7. The number of benzene rings is 4. The first-order valence-electron chi connectivity index (χ1n) is 28.6. The fourth-order valence-electron chi connectivity index (χ4n) is 6.22. The maximum Gasteiger partial charge on any atom is 0.354 e. The number of carboxylic acids is 1. The van der Waals surface area contributed by atoms with E-state index in [1.165, 1.54) is 12.3 Å². The van der Waals surface area contributed by atoms with Gasteiger partial charge in [-0.2, -0.15) is 0 Å². The second-order valence-corrected chi connectivity index (χ2v) is 18.0. The molecule has 8 N–H and O–H groups in total. The molecule has 0 fully saturated rings. The number of aromatic carboxylic acids is 1. The number of hydrogen-bond acceptors (Lipinski definition) is 15. The van der Waals surface area contributed by atoms with Crippen LogP contribution >= 0.6 is 0 Å². The number of nitrogen functional groups attached to an aromatic ring is 2. The Morgan fingerprint density at radius 2 is 0.785 bits per heavy atom. The summed E-state index contributed by atoms with van der Waals surface area (Å²) in [7, 11) is 0. The SMILES string of the molecule is C=CCCN.C=CCCN=Cc1ccccn1.C=Cc1ccc(N)cc1.C=Cc1ccc(N)cc1.C=Cc1ccc(N=Cc2ccccn2)cc1.C=Cc1ccc(NC(=O)c2ccccn2)cc1.O=C(O)c1ccccn1.O=Cc1ccccn1.O=Cc1ccccn1. The first-order chi connectivity index (χ1) is 45.3. The van der Waals surface area contributed by atoms with E-state index in [1.54, 1.807) is 134 Å². The molecule has 0 radical (unpaired) electrons. The molecule has 0 saturated carbocycles. The van der Waals surface area contributed by atoms with E-state index in [2.05, 4.69) is 84.7 Å². The molecule has 0 bridgehead atoms. The van der Waals surface area contributed by atoms with E-state index in [0.717, 1.165) is 94.9 Å². The van der Waals surface area contributed by atoms with Crippen LogP contribution < -0.4 is 22.5 Å². The molecule has 0 aliphatic rings. The monoisotopic (exact) mass is 1240 g/mol. The molecule has 0 spiro atoms. The molecule has 10 aromatic rings. The van der Waals surface area contributed by atoms with Crippen molar-refractivity contribution in [2.75, 3.05) is 29.9 Å². The summed E-state index contributed by atoms with van der Waals surface area (Å²) in [6.07, 6.45) is 27.4. The van der Waals surface area contributed by atoms with Crippen molar-refractivity contribution in [2.24, 2.45) is 15.7 Å². The fraction of sp³-hybridized carbons (Fsp3) is 0.0526. The molecule has 93 heavy (non-hydrogen) atoms. The number of carbonyl (C=O) groups is 4. The Balaban J connectivity index is 0.000000364. The number of aromatic nitrogens is 6. The predicted octanol–water partition coefficient (Wildman–Crippen LogP) is 15.4. The van der Waals surface area contributed by atoms with Crippen molar-refractivity contribution in [1.82, 2.24) is 29.9 Å². The molecule has 0 aliphatic carbocycles. The van der Waals surface area contributed by atoms with Crippen molar-refractivity contribution in [3.63, 3.8) is 0 Å². The van der Waals surface area contributed by atoms with Crippen LogP contribution in [-0.4, -0.2) is 85.0 Å². The van der Waals surface area contributed by atoms with Gasteiger partial charge in [-0.05, 0) is 163 Å². The van der Waals surface area contributed by atoms with E-state index in [1.807, 2.05) is 146 Å². The van der Waals surface area contributed by atoms with E-state index in [-0.39, 0.29) is 11.6 Å². The minimum absolute atomic E-state index is 0.0810. The normalized spacial score (nSPS) is 9.34. The number of carboxylic acid groups (broad SMARTS) is 1. The first kappa shape index (κ1) is 76.5. The number of hydrogen-bond donors (Lipinski definition) is 5. The van der Waals surface area contributed by atoms with Crippen LogP contribution in [0.3, 0.4) is 0 Å². The minimum atomic E-state index is -0.990. The molecule has 6 heterocycles. The summed E-state index contributed by atoms with van der Waals surface area (Å²) >= 11 is 0. The highest BCUT2D eigenvalue weighted by Gasteiger charge is 2.06. The zero-order valence-corrected chi connectivity index (χ0v) is 51.8. The van der Waals surface area contributed by atoms with Crippen molar-refractivity contribution in [3.8, 4) is 0 Å². The highest BCUT2D eigenvalue weighted by Crippen LogP contribution is 2.14. The molecule has 17 heteroatoms. The number of pyridine rings is 6. The fourth-order valence-corrected chi connectivity index (χ4v) is 6.22. The van der Waals surface area contributed by atoms with Gasteiger partial charge in [-0.1, -0.05) is 148 Å². The summed E-state index contributed by atoms with van der Waals surface area (Å²) in [5, 5.41) is 11.1. The Morgan fingerprint density at radius 1 is 0.430 bits per heavy atom. The molecule has 1 amide bonds. The number of rotatable bonds is 17. The number of amides is 1. The van der Waals surface area contributed by atoms with E-state index < -0.39 is 5.97 Å². The van der Waals surface area contributed by atoms with Crippen molar-refractivity contribution in [3.05, 3.63) is 351 Å². The minimum Gasteiger partial charge on any atom is -0.477 e. The van der Waals surface area contributed by atoms with Crippen molar-refractivity contribution in [2.45, 2.75) is 12.8 Å². The van der Waals surface area contributed by atoms with Gasteiger partial charge in [-0.15, -0.1) is 13.2 Å². The quantitative estimate of drug-likeness (QED) is 0.0186. The molecule has 0 aliphatic heterocycles. The smallest absolute Gasteiger partial charge is 0.354 e. The number of aldehydes is 2. The molecule has 4 aromatic carbocycles. The number of nitrogens with two attached hydrogens (primary N) is 3. The number of carbonyl (C=O) groups excluding carboxylic acids is 3. The zero-order valence-electron chi connectivity index (χ0n) is 51.8. The van der Waals surface area contributed by atoms with Crippen LogP contribution in [0.1, 0.15) is 88.4 Å². The Labute approximate surface area is 545 Å². The van der Waals surface area contributed by atoms with E-state index in [0.29, 0.717) is 17.1 Å². The summed E-state index contributed by atoms with van der Waals surface area (Å²) in [6.45, 7) is 23.2. The summed E-state index contributed by atoms with van der Waals surface area (Å²) in [6, 6.07) is 62.4. The van der Waals surface area contributed by atoms with Gasteiger partial charge in [-0.25, -0.2) is 9.78 Å². The third kappa shape index (κ3) is 37.7. The van der Waals surface area contributed by atoms with Crippen molar-refractivity contribution >= 4 is 83.9 Å². The summed E-state index contributed by atoms with van der Waals surface area (Å²) in [5.74, 6) is -1.20. The van der Waals surface area contributed by atoms with Gasteiger partial charge in [0.15, 0.2) is 12.6 Å². The second kappa shape index (κ2) is 50.4. The first-order valence-corrected chi connectivity index (χ1v) is 28.6. The van der Waals surface area contributed by atoms with Gasteiger partial charge in [0.05, 0.1) is 23.3 Å². The maximum atomic E-state index is 11.8.